The molecule has 3 aliphatic rings. The summed E-state index contributed by atoms with van der Waals surface area (Å²) in [5.74, 6) is -0.0349. The van der Waals surface area contributed by atoms with E-state index in [-0.39, 0.29) is 29.8 Å². The van der Waals surface area contributed by atoms with E-state index in [2.05, 4.69) is 20.8 Å². The van der Waals surface area contributed by atoms with Crippen molar-refractivity contribution >= 4 is 17.7 Å². The summed E-state index contributed by atoms with van der Waals surface area (Å²) in [5, 5.41) is 12.5. The minimum atomic E-state index is -0.640. The van der Waals surface area contributed by atoms with Crippen LogP contribution in [0.5, 0.6) is 0 Å². The number of nitrogens with zero attached hydrogens (tertiary/aromatic N) is 2. The molecule has 4 rings (SSSR count). The molecule has 26 heavy (non-hydrogen) atoms. The zero-order valence-electron chi connectivity index (χ0n) is 14.8. The predicted octanol–water partition coefficient (Wildman–Crippen LogP) is 0.722. The van der Waals surface area contributed by atoms with E-state index >= 15 is 0 Å². The Bertz CT molecular complexity index is 698. The molecule has 3 N–H and O–H groups in total. The zero-order valence-corrected chi connectivity index (χ0v) is 14.8. The molecule has 140 valence electrons. The molecule has 3 fully saturated rings. The fourth-order valence-electron chi connectivity index (χ4n) is 4.50. The standard InChI is InChI=1S/C18H25N5O3/c24-15-4-1-2-5-18(6-3-7-23(15)18)17(26)22-14-8-13(9-14)21-16(25)12-10-19-20-11-12/h10-11,13-14H,1-9H2,(H,19,20)(H,21,25)(H,22,26). The summed E-state index contributed by atoms with van der Waals surface area (Å²) in [4.78, 5) is 39.2. The van der Waals surface area contributed by atoms with E-state index in [0.29, 0.717) is 18.5 Å². The number of nitrogens with one attached hydrogen (secondary N) is 3. The van der Waals surface area contributed by atoms with Crippen molar-refractivity contribution in [2.24, 2.45) is 0 Å². The quantitative estimate of drug-likeness (QED) is 0.736. The molecule has 2 aliphatic heterocycles. The van der Waals surface area contributed by atoms with Crippen molar-refractivity contribution in [2.75, 3.05) is 6.54 Å². The Balaban J connectivity index is 1.32. The predicted molar refractivity (Wildman–Crippen MR) is 93.2 cm³/mol. The van der Waals surface area contributed by atoms with Crippen LogP contribution in [0.1, 0.15) is 61.7 Å². The van der Waals surface area contributed by atoms with Crippen LogP contribution in [0, 0.1) is 0 Å². The molecule has 0 aromatic carbocycles. The number of fused-ring (bicyclic) bond motifs is 1. The number of amides is 3. The van der Waals surface area contributed by atoms with E-state index in [1.807, 2.05) is 4.90 Å². The molecule has 1 unspecified atom stereocenters. The molecular formula is C18H25N5O3. The number of aromatic amines is 1. The number of carbonyl (C=O) groups excluding carboxylic acids is 3. The Morgan fingerprint density at radius 3 is 2.69 bits per heavy atom. The normalized spacial score (nSPS) is 30.9. The first kappa shape index (κ1) is 17.1. The number of rotatable bonds is 4. The number of H-pyrrole nitrogens is 1. The van der Waals surface area contributed by atoms with Crippen LogP contribution in [0.15, 0.2) is 12.4 Å². The summed E-state index contributed by atoms with van der Waals surface area (Å²) in [5.41, 5.74) is -0.131. The lowest BCUT2D eigenvalue weighted by atomic mass is 9.84. The van der Waals surface area contributed by atoms with E-state index in [4.69, 9.17) is 0 Å². The molecule has 1 aromatic heterocycles. The van der Waals surface area contributed by atoms with Gasteiger partial charge in [0.25, 0.3) is 5.91 Å². The average molecular weight is 359 g/mol. The summed E-state index contributed by atoms with van der Waals surface area (Å²) >= 11 is 0. The molecule has 8 heteroatoms. The van der Waals surface area contributed by atoms with Gasteiger partial charge in [0.05, 0.1) is 11.8 Å². The fraction of sp³-hybridized carbons (Fsp3) is 0.667. The zero-order chi connectivity index (χ0) is 18.1. The average Bonchev–Trinajstić information content (AvgIpc) is 3.24. The molecule has 0 bridgehead atoms. The van der Waals surface area contributed by atoms with Crippen LogP contribution in [0.4, 0.5) is 0 Å². The minimum absolute atomic E-state index is 0.00476. The lowest BCUT2D eigenvalue weighted by Gasteiger charge is -2.41. The van der Waals surface area contributed by atoms with Gasteiger partial charge in [-0.1, -0.05) is 6.42 Å². The number of hydrogen-bond donors (Lipinski definition) is 3. The van der Waals surface area contributed by atoms with Gasteiger partial charge in [-0.25, -0.2) is 0 Å². The molecule has 1 aliphatic carbocycles. The van der Waals surface area contributed by atoms with E-state index in [0.717, 1.165) is 44.9 Å². The van der Waals surface area contributed by atoms with Crippen LogP contribution in [0.2, 0.25) is 0 Å². The van der Waals surface area contributed by atoms with Gasteiger partial charge in [-0.3, -0.25) is 19.5 Å². The maximum absolute atomic E-state index is 13.0. The molecule has 2 saturated heterocycles. The van der Waals surface area contributed by atoms with Crippen LogP contribution < -0.4 is 10.6 Å². The highest BCUT2D eigenvalue weighted by Gasteiger charge is 2.50. The highest BCUT2D eigenvalue weighted by atomic mass is 16.2. The van der Waals surface area contributed by atoms with Crippen molar-refractivity contribution in [1.82, 2.24) is 25.7 Å². The molecular weight excluding hydrogens is 334 g/mol. The van der Waals surface area contributed by atoms with E-state index < -0.39 is 5.54 Å². The second-order valence-corrected chi connectivity index (χ2v) is 7.69. The number of hydrogen-bond acceptors (Lipinski definition) is 4. The lowest BCUT2D eigenvalue weighted by Crippen LogP contribution is -2.61. The van der Waals surface area contributed by atoms with Crippen molar-refractivity contribution in [2.45, 2.75) is 69.0 Å². The van der Waals surface area contributed by atoms with Gasteiger partial charge in [0, 0.05) is 31.2 Å². The second-order valence-electron chi connectivity index (χ2n) is 7.69. The number of aromatic nitrogens is 2. The molecule has 0 spiro atoms. The van der Waals surface area contributed by atoms with Crippen molar-refractivity contribution in [3.63, 3.8) is 0 Å². The Kier molecular flexibility index (Phi) is 4.42. The van der Waals surface area contributed by atoms with E-state index in [1.165, 1.54) is 6.20 Å². The fourth-order valence-corrected chi connectivity index (χ4v) is 4.50. The van der Waals surface area contributed by atoms with Crippen LogP contribution in [0.3, 0.4) is 0 Å². The van der Waals surface area contributed by atoms with Gasteiger partial charge in [0.1, 0.15) is 5.54 Å². The Labute approximate surface area is 152 Å². The Hall–Kier alpha value is -2.38. The van der Waals surface area contributed by atoms with Gasteiger partial charge in [-0.05, 0) is 38.5 Å². The second kappa shape index (κ2) is 6.74. The molecule has 1 atom stereocenters. The van der Waals surface area contributed by atoms with Gasteiger partial charge in [0.15, 0.2) is 0 Å². The maximum atomic E-state index is 13.0. The molecule has 0 radical (unpaired) electrons. The monoisotopic (exact) mass is 359 g/mol. The molecule has 8 nitrogen and oxygen atoms in total. The van der Waals surface area contributed by atoms with Gasteiger partial charge in [0.2, 0.25) is 11.8 Å². The summed E-state index contributed by atoms with van der Waals surface area (Å²) in [6.45, 7) is 0.695. The van der Waals surface area contributed by atoms with Crippen molar-refractivity contribution in [3.05, 3.63) is 18.0 Å². The first-order valence-corrected chi connectivity index (χ1v) is 9.49. The maximum Gasteiger partial charge on any atom is 0.254 e. The molecule has 1 aromatic rings. The summed E-state index contributed by atoms with van der Waals surface area (Å²) < 4.78 is 0. The summed E-state index contributed by atoms with van der Waals surface area (Å²) in [6, 6.07) is 0.128. The Morgan fingerprint density at radius 2 is 1.92 bits per heavy atom. The van der Waals surface area contributed by atoms with E-state index in [9.17, 15) is 14.4 Å². The van der Waals surface area contributed by atoms with Crippen molar-refractivity contribution < 1.29 is 14.4 Å². The largest absolute Gasteiger partial charge is 0.351 e. The molecule has 1 saturated carbocycles. The van der Waals surface area contributed by atoms with Crippen molar-refractivity contribution in [1.29, 1.82) is 0 Å². The van der Waals surface area contributed by atoms with Crippen molar-refractivity contribution in [3.8, 4) is 0 Å². The van der Waals surface area contributed by atoms with Crippen LogP contribution in [0.25, 0.3) is 0 Å². The highest BCUT2D eigenvalue weighted by molar-refractivity contribution is 5.94. The first-order valence-electron chi connectivity index (χ1n) is 9.49. The third kappa shape index (κ3) is 2.97. The summed E-state index contributed by atoms with van der Waals surface area (Å²) in [6.07, 6.45) is 9.26. The van der Waals surface area contributed by atoms with Crippen LogP contribution in [-0.2, 0) is 9.59 Å². The molecule has 3 amide bonds. The SMILES string of the molecule is O=C(NC1CC(NC(=O)C23CCCCC(=O)N2CCC3)C1)c1cn[nH]c1. The Morgan fingerprint density at radius 1 is 1.15 bits per heavy atom. The van der Waals surface area contributed by atoms with Gasteiger partial charge in [-0.2, -0.15) is 5.10 Å². The van der Waals surface area contributed by atoms with Gasteiger partial charge in [-0.15, -0.1) is 0 Å². The third-order valence-electron chi connectivity index (χ3n) is 6.01. The topological polar surface area (TPSA) is 107 Å². The lowest BCUT2D eigenvalue weighted by molar-refractivity contribution is -0.145. The van der Waals surface area contributed by atoms with Crippen LogP contribution in [-0.4, -0.2) is 57.0 Å². The van der Waals surface area contributed by atoms with Gasteiger partial charge < -0.3 is 15.5 Å². The number of carbonyl (C=O) groups is 3. The highest BCUT2D eigenvalue weighted by Crippen LogP contribution is 2.38. The third-order valence-corrected chi connectivity index (χ3v) is 6.01. The first-order chi connectivity index (χ1) is 12.6. The summed E-state index contributed by atoms with van der Waals surface area (Å²) in [7, 11) is 0. The van der Waals surface area contributed by atoms with Crippen LogP contribution >= 0.6 is 0 Å². The van der Waals surface area contributed by atoms with Gasteiger partial charge >= 0.3 is 0 Å². The molecule has 3 heterocycles. The van der Waals surface area contributed by atoms with E-state index in [1.54, 1.807) is 6.20 Å². The smallest absolute Gasteiger partial charge is 0.254 e. The minimum Gasteiger partial charge on any atom is -0.351 e.